The number of ether oxygens (including phenoxy) is 7. The first-order chi connectivity index (χ1) is 34.7. The molecule has 72 heavy (non-hydrogen) atoms. The molecule has 3 saturated heterocycles. The minimum atomic E-state index is -3.42. The van der Waals surface area contributed by atoms with E-state index < -0.39 is 65.7 Å². The molecular weight excluding hydrogens is 1040 g/mol. The molecule has 374 valence electrons. The van der Waals surface area contributed by atoms with Gasteiger partial charge in [0.15, 0.2) is 33.7 Å². The van der Waals surface area contributed by atoms with E-state index in [-0.39, 0.29) is 30.2 Å². The highest BCUT2D eigenvalue weighted by molar-refractivity contribution is 9.10. The Labute approximate surface area is 434 Å². The first-order valence-corrected chi connectivity index (χ1v) is 29.1. The molecule has 0 spiro atoms. The minimum Gasteiger partial charge on any atom is -0.497 e. The Morgan fingerprint density at radius 2 is 1.24 bits per heavy atom. The lowest BCUT2D eigenvalue weighted by Crippen LogP contribution is -2.39. The number of aromatic nitrogens is 4. The fourth-order valence-electron chi connectivity index (χ4n) is 10.5. The van der Waals surface area contributed by atoms with E-state index in [0.29, 0.717) is 16.8 Å². The van der Waals surface area contributed by atoms with Crippen LogP contribution in [0.2, 0.25) is 0 Å². The maximum Gasteiger partial charge on any atom is 0.322 e. The van der Waals surface area contributed by atoms with Crippen molar-refractivity contribution in [2.75, 3.05) is 20.3 Å². The number of methoxy groups -OCH3 is 1. The largest absolute Gasteiger partial charge is 0.497 e. The highest BCUT2D eigenvalue weighted by atomic mass is 79.9. The van der Waals surface area contributed by atoms with Gasteiger partial charge in [0.05, 0.1) is 32.5 Å². The van der Waals surface area contributed by atoms with Crippen molar-refractivity contribution in [3.8, 4) is 5.75 Å². The molecule has 2 aromatic heterocycles. The van der Waals surface area contributed by atoms with Crippen molar-refractivity contribution in [1.29, 1.82) is 0 Å². The van der Waals surface area contributed by atoms with Gasteiger partial charge in [0, 0.05) is 15.7 Å². The van der Waals surface area contributed by atoms with Crippen LogP contribution in [0.3, 0.4) is 0 Å². The van der Waals surface area contributed by atoms with E-state index in [4.69, 9.17) is 47.6 Å². The third kappa shape index (κ3) is 9.56. The van der Waals surface area contributed by atoms with Gasteiger partial charge < -0.3 is 37.7 Å². The number of halogens is 1. The fraction of sp³-hybridized carbons (Fsp3) is 0.352. The summed E-state index contributed by atoms with van der Waals surface area (Å²) in [6.07, 6.45) is -1.65. The summed E-state index contributed by atoms with van der Waals surface area (Å²) in [4.78, 5) is 26.2. The summed E-state index contributed by atoms with van der Waals surface area (Å²) in [5.74, 6) is -4.87. The van der Waals surface area contributed by atoms with Crippen LogP contribution in [0.4, 0.5) is 0 Å². The molecule has 0 unspecified atom stereocenters. The van der Waals surface area contributed by atoms with E-state index in [0.717, 1.165) is 32.2 Å². The Hall–Kier alpha value is -4.62. The molecule has 8 atom stereocenters. The highest BCUT2D eigenvalue weighted by Gasteiger charge is 2.58. The van der Waals surface area contributed by atoms with E-state index in [1.54, 1.807) is 22.6 Å². The lowest BCUT2D eigenvalue weighted by atomic mass is 9.80. The second-order valence-electron chi connectivity index (χ2n) is 19.1. The lowest BCUT2D eigenvalue weighted by molar-refractivity contribution is -0.205. The van der Waals surface area contributed by atoms with Crippen molar-refractivity contribution in [3.05, 3.63) is 184 Å². The summed E-state index contributed by atoms with van der Waals surface area (Å²) >= 11 is 6.14. The number of nitrogens with zero attached hydrogens (tertiary/aromatic N) is 4. The third-order valence-electron chi connectivity index (χ3n) is 13.6. The summed E-state index contributed by atoms with van der Waals surface area (Å²) in [5.41, 5.74) is 1.76. The zero-order valence-corrected chi connectivity index (χ0v) is 44.3. The van der Waals surface area contributed by atoms with E-state index in [1.807, 2.05) is 149 Å². The first-order valence-electron chi connectivity index (χ1n) is 23.9. The standard InChI is InChI=1S/C54H54BrN4O10PS2/c1-52(2)66-44-34(31-64-70(61,71-39-22-14-8-15-23-39)72-40-24-16-9-17-25-40)30-41(45(44)67-52)58-33-56-48-43(49(58)60)57-51(55)59(48)50-47-46(68-53(3,4)69-47)42(65-50)32-63-54(35-18-10-6-11-19-35,36-20-12-7-13-21-36)37-26-28-38(62-5)29-27-37/h6-29,33-34,41-42,44-47,50H,30-32H2,1-5H3/t34-,41-,42-,44-,45+,46-,47-,50-/m1/s1. The predicted octanol–water partition coefficient (Wildman–Crippen LogP) is 11.6. The second-order valence-corrected chi connectivity index (χ2v) is 27.0. The molecule has 5 aromatic carbocycles. The van der Waals surface area contributed by atoms with Crippen LogP contribution in [-0.4, -0.2) is 81.5 Å². The van der Waals surface area contributed by atoms with Crippen molar-refractivity contribution in [2.24, 2.45) is 5.92 Å². The molecule has 0 amide bonds. The van der Waals surface area contributed by atoms with Crippen molar-refractivity contribution >= 4 is 55.6 Å². The minimum absolute atomic E-state index is 0.0935. The van der Waals surface area contributed by atoms with Crippen molar-refractivity contribution in [1.82, 2.24) is 19.1 Å². The topological polar surface area (TPSA) is 144 Å². The van der Waals surface area contributed by atoms with Crippen molar-refractivity contribution < 1.29 is 42.2 Å². The summed E-state index contributed by atoms with van der Waals surface area (Å²) in [6, 6.07) is 46.8. The average molecular weight is 1090 g/mol. The zero-order valence-electron chi connectivity index (χ0n) is 40.2. The molecule has 4 fully saturated rings. The van der Waals surface area contributed by atoms with Crippen LogP contribution >= 0.6 is 44.5 Å². The molecule has 1 saturated carbocycles. The average Bonchev–Trinajstić information content (AvgIpc) is 4.16. The van der Waals surface area contributed by atoms with E-state index >= 15 is 0 Å². The molecule has 1 aliphatic carbocycles. The molecular formula is C54H54BrN4O10PS2. The Bertz CT molecular complexity index is 3050. The number of benzene rings is 5. The third-order valence-corrected chi connectivity index (χ3v) is 20.6. The van der Waals surface area contributed by atoms with E-state index in [2.05, 4.69) is 40.2 Å². The Morgan fingerprint density at radius 3 is 1.82 bits per heavy atom. The van der Waals surface area contributed by atoms with Gasteiger partial charge in [-0.1, -0.05) is 109 Å². The smallest absolute Gasteiger partial charge is 0.322 e. The van der Waals surface area contributed by atoms with E-state index in [9.17, 15) is 9.36 Å². The number of hydrogen-bond donors (Lipinski definition) is 0. The molecule has 3 aliphatic heterocycles. The van der Waals surface area contributed by atoms with Crippen LogP contribution in [0.1, 0.15) is 63.1 Å². The van der Waals surface area contributed by atoms with Crippen LogP contribution in [-0.2, 0) is 43.1 Å². The number of imidazole rings is 1. The summed E-state index contributed by atoms with van der Waals surface area (Å²) in [7, 11) is 1.65. The van der Waals surface area contributed by atoms with Gasteiger partial charge in [0.25, 0.3) is 5.56 Å². The fourth-order valence-corrected chi connectivity index (χ4v) is 17.6. The van der Waals surface area contributed by atoms with Gasteiger partial charge in [0.2, 0.25) is 0 Å². The highest BCUT2D eigenvalue weighted by Crippen LogP contribution is 2.74. The van der Waals surface area contributed by atoms with E-state index in [1.165, 1.54) is 22.8 Å². The van der Waals surface area contributed by atoms with Gasteiger partial charge in [-0.05, 0) is 126 Å². The molecule has 18 heteroatoms. The number of hydrogen-bond acceptors (Lipinski definition) is 14. The normalized spacial score (nSPS) is 25.4. The zero-order chi connectivity index (χ0) is 49.8. The molecule has 7 aromatic rings. The quantitative estimate of drug-likeness (QED) is 0.0514. The van der Waals surface area contributed by atoms with Gasteiger partial charge in [0.1, 0.15) is 42.1 Å². The molecule has 11 rings (SSSR count). The van der Waals surface area contributed by atoms with Crippen LogP contribution in [0.25, 0.3) is 11.2 Å². The lowest BCUT2D eigenvalue weighted by Gasteiger charge is -2.37. The molecule has 14 nitrogen and oxygen atoms in total. The van der Waals surface area contributed by atoms with Gasteiger partial charge >= 0.3 is 5.77 Å². The first kappa shape index (κ1) is 49.6. The van der Waals surface area contributed by atoms with Crippen LogP contribution in [0.15, 0.2) is 171 Å². The summed E-state index contributed by atoms with van der Waals surface area (Å²) in [6.45, 7) is 7.67. The summed E-state index contributed by atoms with van der Waals surface area (Å²) in [5, 5.41) is 0. The van der Waals surface area contributed by atoms with Gasteiger partial charge in [-0.3, -0.25) is 18.5 Å². The Morgan fingerprint density at radius 1 is 0.708 bits per heavy atom. The van der Waals surface area contributed by atoms with Gasteiger partial charge in [-0.15, -0.1) is 0 Å². The molecule has 4 aliphatic rings. The molecule has 0 radical (unpaired) electrons. The van der Waals surface area contributed by atoms with Crippen LogP contribution in [0, 0.1) is 5.92 Å². The molecule has 5 heterocycles. The Balaban J connectivity index is 0.888. The molecule has 0 N–H and O–H groups in total. The van der Waals surface area contributed by atoms with Gasteiger partial charge in [-0.2, -0.15) is 0 Å². The van der Waals surface area contributed by atoms with Crippen LogP contribution < -0.4 is 10.3 Å². The number of rotatable bonds is 16. The predicted molar refractivity (Wildman–Crippen MR) is 278 cm³/mol. The maximum absolute atomic E-state index is 14.9. The van der Waals surface area contributed by atoms with Crippen molar-refractivity contribution in [3.63, 3.8) is 0 Å². The number of fused-ring (bicyclic) bond motifs is 3. The molecule has 0 bridgehead atoms. The van der Waals surface area contributed by atoms with Crippen LogP contribution in [0.5, 0.6) is 5.75 Å². The SMILES string of the molecule is COc1ccc(C(OC[C@H]2O[C@@H](n3c(Br)nc4c(=O)n([C@@H]5C[C@H](COP(=O)(Sc6ccccc6)Sc6ccccc6)[C@H]6OC(C)(C)O[C@H]65)cnc43)[C@@H]3OC(C)(C)O[C@@H]32)(c2ccccc2)c2ccccc2)cc1. The second kappa shape index (κ2) is 19.9. The summed E-state index contributed by atoms with van der Waals surface area (Å²) < 4.78 is 71.0. The maximum atomic E-state index is 14.9. The van der Waals surface area contributed by atoms with Crippen molar-refractivity contribution in [2.45, 2.75) is 104 Å². The monoisotopic (exact) mass is 1090 g/mol. The Kier molecular flexibility index (Phi) is 13.7. The van der Waals surface area contributed by atoms with Gasteiger partial charge in [-0.25, -0.2) is 9.97 Å².